The molecule has 2 aromatic heterocycles. The first kappa shape index (κ1) is 17.1. The lowest BCUT2D eigenvalue weighted by Crippen LogP contribution is -2.39. The Balaban J connectivity index is 1.51. The summed E-state index contributed by atoms with van der Waals surface area (Å²) in [5, 5.41) is 7.43. The van der Waals surface area contributed by atoms with Crippen LogP contribution in [0, 0.1) is 0 Å². The topological polar surface area (TPSA) is 63.9 Å². The lowest BCUT2D eigenvalue weighted by molar-refractivity contribution is -0.132. The quantitative estimate of drug-likeness (QED) is 0.806. The Labute approximate surface area is 146 Å². The third-order valence-corrected chi connectivity index (χ3v) is 5.52. The molecule has 1 aliphatic rings. The molecule has 24 heavy (non-hydrogen) atoms. The van der Waals surface area contributed by atoms with Crippen LogP contribution in [0.5, 0.6) is 0 Å². The number of hydrogen-bond acceptors (Lipinski definition) is 5. The maximum absolute atomic E-state index is 12.5. The van der Waals surface area contributed by atoms with Gasteiger partial charge in [0.05, 0.1) is 10.7 Å². The molecule has 0 saturated carbocycles. The molecular weight excluding hydrogens is 322 g/mol. The van der Waals surface area contributed by atoms with Crippen molar-refractivity contribution in [3.05, 3.63) is 28.7 Å². The molecule has 1 aliphatic heterocycles. The Morgan fingerprint density at radius 1 is 1.46 bits per heavy atom. The van der Waals surface area contributed by atoms with Crippen LogP contribution in [-0.4, -0.2) is 43.6 Å². The van der Waals surface area contributed by atoms with Gasteiger partial charge in [0.1, 0.15) is 12.7 Å². The summed E-state index contributed by atoms with van der Waals surface area (Å²) in [5.41, 5.74) is 1.17. The van der Waals surface area contributed by atoms with E-state index in [0.717, 1.165) is 38.9 Å². The van der Waals surface area contributed by atoms with Crippen molar-refractivity contribution in [2.45, 2.75) is 57.9 Å². The zero-order valence-corrected chi connectivity index (χ0v) is 15.2. The third-order valence-electron chi connectivity index (χ3n) is 4.50. The van der Waals surface area contributed by atoms with E-state index in [1.807, 2.05) is 4.90 Å². The third kappa shape index (κ3) is 4.20. The van der Waals surface area contributed by atoms with Crippen LogP contribution in [0.4, 0.5) is 0 Å². The number of nitrogens with zero attached hydrogens (tertiary/aromatic N) is 5. The predicted octanol–water partition coefficient (Wildman–Crippen LogP) is 3.04. The molecule has 0 aliphatic carbocycles. The SMILES string of the molecule is CC(C)c1csc([C@@H]2CCCN(C(=O)CCCn3cncn3)C2)n1. The van der Waals surface area contributed by atoms with Crippen molar-refractivity contribution in [3.63, 3.8) is 0 Å². The van der Waals surface area contributed by atoms with E-state index in [4.69, 9.17) is 4.98 Å². The number of carbonyl (C=O) groups is 1. The Hall–Kier alpha value is -1.76. The van der Waals surface area contributed by atoms with Crippen molar-refractivity contribution in [1.29, 1.82) is 0 Å². The highest BCUT2D eigenvalue weighted by molar-refractivity contribution is 7.09. The van der Waals surface area contributed by atoms with E-state index in [1.54, 1.807) is 22.3 Å². The van der Waals surface area contributed by atoms with Gasteiger partial charge in [0, 0.05) is 37.4 Å². The summed E-state index contributed by atoms with van der Waals surface area (Å²) >= 11 is 1.75. The van der Waals surface area contributed by atoms with Crippen LogP contribution in [0.15, 0.2) is 18.0 Å². The molecule has 7 heteroatoms. The van der Waals surface area contributed by atoms with Crippen LogP contribution in [-0.2, 0) is 11.3 Å². The van der Waals surface area contributed by atoms with Crippen LogP contribution in [0.3, 0.4) is 0 Å². The average Bonchev–Trinajstić information content (AvgIpc) is 3.26. The van der Waals surface area contributed by atoms with E-state index in [0.29, 0.717) is 18.3 Å². The van der Waals surface area contributed by atoms with Gasteiger partial charge in [-0.15, -0.1) is 11.3 Å². The number of likely N-dealkylation sites (tertiary alicyclic amines) is 1. The van der Waals surface area contributed by atoms with Gasteiger partial charge in [0.25, 0.3) is 0 Å². The number of aromatic nitrogens is 4. The minimum absolute atomic E-state index is 0.250. The number of amides is 1. The van der Waals surface area contributed by atoms with Crippen molar-refractivity contribution in [2.24, 2.45) is 0 Å². The molecule has 0 unspecified atom stereocenters. The van der Waals surface area contributed by atoms with Gasteiger partial charge in [-0.2, -0.15) is 5.10 Å². The second kappa shape index (κ2) is 7.88. The fourth-order valence-electron chi connectivity index (χ4n) is 3.06. The molecule has 3 heterocycles. The molecule has 1 fully saturated rings. The Kier molecular flexibility index (Phi) is 5.60. The first-order chi connectivity index (χ1) is 11.6. The van der Waals surface area contributed by atoms with Crippen molar-refractivity contribution >= 4 is 17.2 Å². The number of rotatable bonds is 6. The predicted molar refractivity (Wildman–Crippen MR) is 94.0 cm³/mol. The molecule has 1 atom stereocenters. The summed E-state index contributed by atoms with van der Waals surface area (Å²) in [5.74, 6) is 1.11. The Morgan fingerprint density at radius 2 is 2.33 bits per heavy atom. The average molecular weight is 347 g/mol. The number of aryl methyl sites for hydroxylation is 1. The molecule has 0 bridgehead atoms. The number of thiazole rings is 1. The number of hydrogen-bond donors (Lipinski definition) is 0. The van der Waals surface area contributed by atoms with Crippen LogP contribution in [0.2, 0.25) is 0 Å². The monoisotopic (exact) mass is 347 g/mol. The molecule has 1 saturated heterocycles. The maximum Gasteiger partial charge on any atom is 0.222 e. The van der Waals surface area contributed by atoms with E-state index in [9.17, 15) is 4.79 Å². The van der Waals surface area contributed by atoms with E-state index in [2.05, 4.69) is 29.3 Å². The van der Waals surface area contributed by atoms with Gasteiger partial charge in [-0.1, -0.05) is 13.8 Å². The largest absolute Gasteiger partial charge is 0.342 e. The lowest BCUT2D eigenvalue weighted by atomic mass is 9.98. The van der Waals surface area contributed by atoms with Gasteiger partial charge >= 0.3 is 0 Å². The normalized spacial score (nSPS) is 18.3. The molecular formula is C17H25N5OS. The molecule has 0 radical (unpaired) electrons. The van der Waals surface area contributed by atoms with E-state index >= 15 is 0 Å². The van der Waals surface area contributed by atoms with Crippen molar-refractivity contribution in [1.82, 2.24) is 24.6 Å². The molecule has 3 rings (SSSR count). The summed E-state index contributed by atoms with van der Waals surface area (Å²) in [7, 11) is 0. The maximum atomic E-state index is 12.5. The van der Waals surface area contributed by atoms with E-state index < -0.39 is 0 Å². The highest BCUT2D eigenvalue weighted by atomic mass is 32.1. The summed E-state index contributed by atoms with van der Waals surface area (Å²) in [6.07, 6.45) is 6.79. The highest BCUT2D eigenvalue weighted by Gasteiger charge is 2.26. The summed E-state index contributed by atoms with van der Waals surface area (Å²) < 4.78 is 1.77. The molecule has 2 aromatic rings. The van der Waals surface area contributed by atoms with Gasteiger partial charge < -0.3 is 4.90 Å². The highest BCUT2D eigenvalue weighted by Crippen LogP contribution is 2.31. The van der Waals surface area contributed by atoms with Gasteiger partial charge in [-0.05, 0) is 25.2 Å². The van der Waals surface area contributed by atoms with E-state index in [-0.39, 0.29) is 5.91 Å². The van der Waals surface area contributed by atoms with Crippen LogP contribution >= 0.6 is 11.3 Å². The van der Waals surface area contributed by atoms with Gasteiger partial charge in [0.2, 0.25) is 5.91 Å². The number of carbonyl (C=O) groups excluding carboxylic acids is 1. The van der Waals surface area contributed by atoms with Crippen molar-refractivity contribution in [3.8, 4) is 0 Å². The fraction of sp³-hybridized carbons (Fsp3) is 0.647. The fourth-order valence-corrected chi connectivity index (χ4v) is 4.17. The smallest absolute Gasteiger partial charge is 0.222 e. The summed E-state index contributed by atoms with van der Waals surface area (Å²) in [4.78, 5) is 23.2. The van der Waals surface area contributed by atoms with Crippen LogP contribution in [0.1, 0.15) is 62.1 Å². The Morgan fingerprint density at radius 3 is 3.04 bits per heavy atom. The molecule has 0 N–H and O–H groups in total. The zero-order chi connectivity index (χ0) is 16.9. The summed E-state index contributed by atoms with van der Waals surface area (Å²) in [6, 6.07) is 0. The second-order valence-corrected chi connectivity index (χ2v) is 7.60. The molecule has 6 nitrogen and oxygen atoms in total. The molecule has 1 amide bonds. The Bertz CT molecular complexity index is 652. The van der Waals surface area contributed by atoms with Crippen molar-refractivity contribution < 1.29 is 4.79 Å². The first-order valence-electron chi connectivity index (χ1n) is 8.69. The first-order valence-corrected chi connectivity index (χ1v) is 9.57. The van der Waals surface area contributed by atoms with Crippen molar-refractivity contribution in [2.75, 3.05) is 13.1 Å². The van der Waals surface area contributed by atoms with Gasteiger partial charge in [0.15, 0.2) is 0 Å². The van der Waals surface area contributed by atoms with Crippen LogP contribution in [0.25, 0.3) is 0 Å². The zero-order valence-electron chi connectivity index (χ0n) is 14.4. The molecule has 0 spiro atoms. The standard InChI is InChI=1S/C17H25N5OS/c1-13(2)15-10-24-17(20-15)14-5-3-7-21(9-14)16(23)6-4-8-22-12-18-11-19-22/h10-14H,3-9H2,1-2H3/t14-/m1/s1. The molecule has 0 aromatic carbocycles. The molecule has 130 valence electrons. The van der Waals surface area contributed by atoms with Gasteiger partial charge in [-0.25, -0.2) is 9.97 Å². The van der Waals surface area contributed by atoms with E-state index in [1.165, 1.54) is 17.0 Å². The minimum Gasteiger partial charge on any atom is -0.342 e. The minimum atomic E-state index is 0.250. The van der Waals surface area contributed by atoms with Gasteiger partial charge in [-0.3, -0.25) is 9.48 Å². The lowest BCUT2D eigenvalue weighted by Gasteiger charge is -2.32. The second-order valence-electron chi connectivity index (χ2n) is 6.71. The number of piperidine rings is 1. The van der Waals surface area contributed by atoms with Crippen LogP contribution < -0.4 is 0 Å². The summed E-state index contributed by atoms with van der Waals surface area (Å²) in [6.45, 7) is 6.77.